The Labute approximate surface area is 85.0 Å². The summed E-state index contributed by atoms with van der Waals surface area (Å²) in [6, 6.07) is 0.611. The van der Waals surface area contributed by atoms with Gasteiger partial charge in [0.05, 0.1) is 11.4 Å². The molecule has 1 aromatic rings. The van der Waals surface area contributed by atoms with E-state index in [1.165, 1.54) is 12.8 Å². The molecule has 0 amide bonds. The molecule has 1 N–H and O–H groups in total. The van der Waals surface area contributed by atoms with Gasteiger partial charge in [-0.2, -0.15) is 0 Å². The highest BCUT2D eigenvalue weighted by Gasteiger charge is 2.25. The van der Waals surface area contributed by atoms with E-state index in [4.69, 9.17) is 0 Å². The molecule has 0 saturated heterocycles. The fourth-order valence-corrected chi connectivity index (χ4v) is 1.89. The number of anilines is 1. The second-order valence-electron chi connectivity index (χ2n) is 4.36. The van der Waals surface area contributed by atoms with Crippen LogP contribution in [0.3, 0.4) is 0 Å². The van der Waals surface area contributed by atoms with Crippen molar-refractivity contribution in [2.24, 2.45) is 5.92 Å². The van der Waals surface area contributed by atoms with Crippen LogP contribution in [0.1, 0.15) is 31.2 Å². The third kappa shape index (κ3) is 1.86. The van der Waals surface area contributed by atoms with Crippen molar-refractivity contribution < 1.29 is 0 Å². The fourth-order valence-electron chi connectivity index (χ4n) is 1.89. The lowest BCUT2D eigenvalue weighted by atomic mass is 9.82. The van der Waals surface area contributed by atoms with Gasteiger partial charge >= 0.3 is 0 Å². The molecule has 0 unspecified atom stereocenters. The largest absolute Gasteiger partial charge is 0.366 e. The third-order valence-electron chi connectivity index (χ3n) is 2.79. The Kier molecular flexibility index (Phi) is 2.40. The van der Waals surface area contributed by atoms with Crippen molar-refractivity contribution in [1.82, 2.24) is 9.97 Å². The van der Waals surface area contributed by atoms with Gasteiger partial charge in [-0.3, -0.25) is 4.98 Å². The maximum atomic E-state index is 4.45. The van der Waals surface area contributed by atoms with E-state index in [1.807, 2.05) is 20.0 Å². The lowest BCUT2D eigenvalue weighted by molar-refractivity contribution is 0.308. The van der Waals surface area contributed by atoms with Gasteiger partial charge in [0.15, 0.2) is 0 Å². The number of nitrogens with zero attached hydrogens (tertiary/aromatic N) is 2. The standard InChI is InChI=1S/C11H17N3/c1-7-4-10(5-7)14-11-9(3)12-6-8(2)13-11/h6-7,10H,4-5H2,1-3H3,(H,13,14). The highest BCUT2D eigenvalue weighted by Crippen LogP contribution is 2.29. The summed E-state index contributed by atoms with van der Waals surface area (Å²) >= 11 is 0. The van der Waals surface area contributed by atoms with Gasteiger partial charge in [-0.05, 0) is 32.6 Å². The Morgan fingerprint density at radius 3 is 2.71 bits per heavy atom. The molecule has 3 heteroatoms. The summed E-state index contributed by atoms with van der Waals surface area (Å²) in [7, 11) is 0. The lowest BCUT2D eigenvalue weighted by Gasteiger charge is -2.33. The second kappa shape index (κ2) is 3.56. The van der Waals surface area contributed by atoms with Gasteiger partial charge in [0, 0.05) is 12.2 Å². The van der Waals surface area contributed by atoms with E-state index in [1.54, 1.807) is 0 Å². The smallest absolute Gasteiger partial charge is 0.147 e. The summed E-state index contributed by atoms with van der Waals surface area (Å²) < 4.78 is 0. The van der Waals surface area contributed by atoms with E-state index in [2.05, 4.69) is 22.2 Å². The van der Waals surface area contributed by atoms with Crippen molar-refractivity contribution in [3.05, 3.63) is 17.6 Å². The molecule has 0 radical (unpaired) electrons. The van der Waals surface area contributed by atoms with Crippen molar-refractivity contribution in [2.75, 3.05) is 5.32 Å². The van der Waals surface area contributed by atoms with Gasteiger partial charge in [-0.15, -0.1) is 0 Å². The Balaban J connectivity index is 2.05. The first-order valence-electron chi connectivity index (χ1n) is 5.22. The molecule has 1 saturated carbocycles. The Bertz CT molecular complexity index is 329. The topological polar surface area (TPSA) is 37.8 Å². The van der Waals surface area contributed by atoms with E-state index in [0.29, 0.717) is 6.04 Å². The summed E-state index contributed by atoms with van der Waals surface area (Å²) in [5, 5.41) is 3.44. The average Bonchev–Trinajstić information content (AvgIpc) is 2.09. The Morgan fingerprint density at radius 2 is 2.07 bits per heavy atom. The molecule has 0 spiro atoms. The first-order chi connectivity index (χ1) is 6.65. The predicted molar refractivity (Wildman–Crippen MR) is 57.3 cm³/mol. The van der Waals surface area contributed by atoms with E-state index in [-0.39, 0.29) is 0 Å². The molecular weight excluding hydrogens is 174 g/mol. The zero-order chi connectivity index (χ0) is 10.1. The lowest BCUT2D eigenvalue weighted by Crippen LogP contribution is -2.34. The normalized spacial score (nSPS) is 25.6. The summed E-state index contributed by atoms with van der Waals surface area (Å²) in [6.45, 7) is 6.25. The van der Waals surface area contributed by atoms with Crippen molar-refractivity contribution >= 4 is 5.82 Å². The summed E-state index contributed by atoms with van der Waals surface area (Å²) in [4.78, 5) is 8.73. The van der Waals surface area contributed by atoms with Crippen LogP contribution >= 0.6 is 0 Å². The van der Waals surface area contributed by atoms with Gasteiger partial charge in [0.25, 0.3) is 0 Å². The number of hydrogen-bond acceptors (Lipinski definition) is 3. The van der Waals surface area contributed by atoms with E-state index >= 15 is 0 Å². The summed E-state index contributed by atoms with van der Waals surface area (Å²) in [5.41, 5.74) is 1.97. The SMILES string of the molecule is Cc1cnc(C)c(NC2CC(C)C2)n1. The minimum atomic E-state index is 0.611. The van der Waals surface area contributed by atoms with E-state index in [0.717, 1.165) is 23.1 Å². The second-order valence-corrected chi connectivity index (χ2v) is 4.36. The number of aromatic nitrogens is 2. The van der Waals surface area contributed by atoms with Crippen LogP contribution in [0.5, 0.6) is 0 Å². The van der Waals surface area contributed by atoms with Gasteiger partial charge in [-0.1, -0.05) is 6.92 Å². The maximum absolute atomic E-state index is 4.45. The molecular formula is C11H17N3. The molecule has 0 aliphatic heterocycles. The van der Waals surface area contributed by atoms with Crippen molar-refractivity contribution in [1.29, 1.82) is 0 Å². The van der Waals surface area contributed by atoms with Gasteiger partial charge in [0.1, 0.15) is 5.82 Å². The molecule has 1 aliphatic rings. The first-order valence-corrected chi connectivity index (χ1v) is 5.22. The monoisotopic (exact) mass is 191 g/mol. The molecule has 1 aliphatic carbocycles. The fraction of sp³-hybridized carbons (Fsp3) is 0.636. The van der Waals surface area contributed by atoms with Crippen molar-refractivity contribution in [3.63, 3.8) is 0 Å². The molecule has 1 fully saturated rings. The summed E-state index contributed by atoms with van der Waals surface area (Å²) in [6.07, 6.45) is 4.33. The predicted octanol–water partition coefficient (Wildman–Crippen LogP) is 2.30. The van der Waals surface area contributed by atoms with Crippen LogP contribution in [0.15, 0.2) is 6.20 Å². The van der Waals surface area contributed by atoms with Crippen LogP contribution in [-0.2, 0) is 0 Å². The quantitative estimate of drug-likeness (QED) is 0.779. The van der Waals surface area contributed by atoms with E-state index < -0.39 is 0 Å². The zero-order valence-electron chi connectivity index (χ0n) is 9.04. The Morgan fingerprint density at radius 1 is 1.36 bits per heavy atom. The minimum Gasteiger partial charge on any atom is -0.366 e. The van der Waals surface area contributed by atoms with Gasteiger partial charge in [-0.25, -0.2) is 4.98 Å². The number of rotatable bonds is 2. The van der Waals surface area contributed by atoms with Crippen LogP contribution in [0, 0.1) is 19.8 Å². The molecule has 1 aromatic heterocycles. The van der Waals surface area contributed by atoms with E-state index in [9.17, 15) is 0 Å². The first kappa shape index (κ1) is 9.44. The highest BCUT2D eigenvalue weighted by atomic mass is 15.1. The average molecular weight is 191 g/mol. The molecule has 3 nitrogen and oxygen atoms in total. The zero-order valence-corrected chi connectivity index (χ0v) is 9.04. The summed E-state index contributed by atoms with van der Waals surface area (Å²) in [5.74, 6) is 1.83. The molecule has 14 heavy (non-hydrogen) atoms. The minimum absolute atomic E-state index is 0.611. The van der Waals surface area contributed by atoms with Crippen LogP contribution in [0.4, 0.5) is 5.82 Å². The maximum Gasteiger partial charge on any atom is 0.147 e. The van der Waals surface area contributed by atoms with Crippen LogP contribution in [0.2, 0.25) is 0 Å². The molecule has 0 aromatic carbocycles. The molecule has 2 rings (SSSR count). The van der Waals surface area contributed by atoms with Crippen LogP contribution in [0.25, 0.3) is 0 Å². The molecule has 1 heterocycles. The van der Waals surface area contributed by atoms with Gasteiger partial charge in [0.2, 0.25) is 0 Å². The number of nitrogens with one attached hydrogen (secondary N) is 1. The van der Waals surface area contributed by atoms with Crippen molar-refractivity contribution in [2.45, 2.75) is 39.7 Å². The number of hydrogen-bond donors (Lipinski definition) is 1. The molecule has 0 bridgehead atoms. The molecule has 76 valence electrons. The highest BCUT2D eigenvalue weighted by molar-refractivity contribution is 5.41. The van der Waals surface area contributed by atoms with Crippen molar-refractivity contribution in [3.8, 4) is 0 Å². The molecule has 0 atom stereocenters. The van der Waals surface area contributed by atoms with Crippen LogP contribution in [-0.4, -0.2) is 16.0 Å². The Hall–Kier alpha value is -1.12. The van der Waals surface area contributed by atoms with Crippen LogP contribution < -0.4 is 5.32 Å². The van der Waals surface area contributed by atoms with Gasteiger partial charge < -0.3 is 5.32 Å². The number of aryl methyl sites for hydroxylation is 2. The third-order valence-corrected chi connectivity index (χ3v) is 2.79.